The Morgan fingerprint density at radius 1 is 1.08 bits per heavy atom. The summed E-state index contributed by atoms with van der Waals surface area (Å²) in [7, 11) is 0. The molecular formula is C28H31N3O5. The lowest BCUT2D eigenvalue weighted by atomic mass is 9.89. The summed E-state index contributed by atoms with van der Waals surface area (Å²) in [6.07, 6.45) is 6.47. The van der Waals surface area contributed by atoms with E-state index >= 15 is 0 Å². The highest BCUT2D eigenvalue weighted by molar-refractivity contribution is 6.46. The van der Waals surface area contributed by atoms with Crippen molar-refractivity contribution in [3.8, 4) is 0 Å². The van der Waals surface area contributed by atoms with Crippen molar-refractivity contribution in [3.63, 3.8) is 0 Å². The van der Waals surface area contributed by atoms with E-state index in [1.165, 1.54) is 11.1 Å². The van der Waals surface area contributed by atoms with E-state index in [4.69, 9.17) is 4.74 Å². The minimum absolute atomic E-state index is 0.0716. The van der Waals surface area contributed by atoms with Crippen LogP contribution >= 0.6 is 0 Å². The number of carbonyl (C=O) groups excluding carboxylic acids is 3. The van der Waals surface area contributed by atoms with Crippen molar-refractivity contribution >= 4 is 23.5 Å². The van der Waals surface area contributed by atoms with Crippen LogP contribution in [0.5, 0.6) is 0 Å². The first-order valence-corrected chi connectivity index (χ1v) is 12.7. The number of aromatic nitrogens is 1. The van der Waals surface area contributed by atoms with Crippen molar-refractivity contribution in [1.82, 2.24) is 14.8 Å². The number of hydrogen-bond acceptors (Lipinski definition) is 6. The molecule has 1 atom stereocenters. The van der Waals surface area contributed by atoms with Gasteiger partial charge < -0.3 is 19.6 Å². The molecule has 2 amide bonds. The van der Waals surface area contributed by atoms with Gasteiger partial charge in [0.25, 0.3) is 11.7 Å². The molecule has 0 spiro atoms. The monoisotopic (exact) mass is 489 g/mol. The predicted molar refractivity (Wildman–Crippen MR) is 133 cm³/mol. The number of hydrogen-bond donors (Lipinski definition) is 1. The Bertz CT molecular complexity index is 1200. The molecule has 2 saturated heterocycles. The molecule has 2 aromatic rings. The van der Waals surface area contributed by atoms with Gasteiger partial charge in [0.05, 0.1) is 17.9 Å². The Hall–Kier alpha value is -3.68. The SMILES string of the molecule is CCOC(=O)N1CCC(N2C(=O)C(=O)/C(=C(\O)c3ccc4c(c3)CCCC4)C2c2ccccn2)CC1. The van der Waals surface area contributed by atoms with E-state index < -0.39 is 17.7 Å². The van der Waals surface area contributed by atoms with Gasteiger partial charge in [-0.3, -0.25) is 14.6 Å². The van der Waals surface area contributed by atoms with Crippen LogP contribution in [-0.2, 0) is 27.2 Å². The number of benzene rings is 1. The maximum atomic E-state index is 13.4. The molecule has 5 rings (SSSR count). The number of pyridine rings is 1. The van der Waals surface area contributed by atoms with Crippen molar-refractivity contribution in [2.75, 3.05) is 19.7 Å². The summed E-state index contributed by atoms with van der Waals surface area (Å²) in [5, 5.41) is 11.4. The third-order valence-electron chi connectivity index (χ3n) is 7.45. The lowest BCUT2D eigenvalue weighted by Crippen LogP contribution is -2.48. The normalized spacial score (nSPS) is 22.0. The summed E-state index contributed by atoms with van der Waals surface area (Å²) in [6, 6.07) is 10.1. The fourth-order valence-corrected chi connectivity index (χ4v) is 5.63. The van der Waals surface area contributed by atoms with Gasteiger partial charge >= 0.3 is 6.09 Å². The maximum absolute atomic E-state index is 13.4. The zero-order valence-corrected chi connectivity index (χ0v) is 20.5. The smallest absolute Gasteiger partial charge is 0.409 e. The molecule has 1 unspecified atom stereocenters. The number of likely N-dealkylation sites (tertiary alicyclic amines) is 2. The fraction of sp³-hybridized carbons (Fsp3) is 0.429. The third kappa shape index (κ3) is 4.36. The van der Waals surface area contributed by atoms with Crippen LogP contribution in [0.1, 0.15) is 61.0 Å². The van der Waals surface area contributed by atoms with Crippen LogP contribution in [0.3, 0.4) is 0 Å². The van der Waals surface area contributed by atoms with Gasteiger partial charge in [0.2, 0.25) is 0 Å². The lowest BCUT2D eigenvalue weighted by Gasteiger charge is -2.38. The molecule has 1 N–H and O–H groups in total. The maximum Gasteiger partial charge on any atom is 0.409 e. The Labute approximate surface area is 210 Å². The lowest BCUT2D eigenvalue weighted by molar-refractivity contribution is -0.142. The zero-order valence-electron chi connectivity index (χ0n) is 20.5. The van der Waals surface area contributed by atoms with Crippen molar-refractivity contribution in [3.05, 3.63) is 70.6 Å². The minimum atomic E-state index is -0.790. The molecule has 36 heavy (non-hydrogen) atoms. The quantitative estimate of drug-likeness (QED) is 0.396. The highest BCUT2D eigenvalue weighted by Gasteiger charge is 2.50. The Morgan fingerprint density at radius 3 is 2.53 bits per heavy atom. The molecule has 2 aliphatic heterocycles. The number of carbonyl (C=O) groups is 3. The van der Waals surface area contributed by atoms with Crippen LogP contribution in [-0.4, -0.2) is 63.4 Å². The molecule has 2 fully saturated rings. The van der Waals surface area contributed by atoms with Crippen LogP contribution in [0.25, 0.3) is 5.76 Å². The van der Waals surface area contributed by atoms with Crippen LogP contribution in [0.15, 0.2) is 48.2 Å². The molecule has 8 heteroatoms. The number of ether oxygens (including phenoxy) is 1. The molecule has 0 bridgehead atoms. The first-order chi connectivity index (χ1) is 17.5. The number of aliphatic hydroxyl groups is 1. The standard InChI is InChI=1S/C28H31N3O5/c1-2-36-28(35)30-15-12-21(13-16-30)31-24(22-9-5-6-14-29-22)23(26(33)27(31)34)25(32)20-11-10-18-7-3-4-8-19(18)17-20/h5-6,9-11,14,17,21,24,32H,2-4,7-8,12-13,15-16H2,1H3/b25-23-. The van der Waals surface area contributed by atoms with Gasteiger partial charge in [0.1, 0.15) is 11.8 Å². The van der Waals surface area contributed by atoms with Crippen LogP contribution in [0.4, 0.5) is 4.79 Å². The average molecular weight is 490 g/mol. The summed E-state index contributed by atoms with van der Waals surface area (Å²) >= 11 is 0. The first-order valence-electron chi connectivity index (χ1n) is 12.7. The van der Waals surface area contributed by atoms with Crippen molar-refractivity contribution in [1.29, 1.82) is 0 Å². The van der Waals surface area contributed by atoms with E-state index in [0.29, 0.717) is 43.8 Å². The molecule has 1 aliphatic carbocycles. The van der Waals surface area contributed by atoms with E-state index in [2.05, 4.69) is 4.98 Å². The van der Waals surface area contributed by atoms with Gasteiger partial charge in [-0.1, -0.05) is 18.2 Å². The largest absolute Gasteiger partial charge is 0.507 e. The number of aryl methyl sites for hydroxylation is 2. The van der Waals surface area contributed by atoms with E-state index in [-0.39, 0.29) is 23.5 Å². The molecule has 3 heterocycles. The molecule has 1 aromatic heterocycles. The Kier molecular flexibility index (Phi) is 6.76. The van der Waals surface area contributed by atoms with Crippen LogP contribution in [0.2, 0.25) is 0 Å². The summed E-state index contributed by atoms with van der Waals surface area (Å²) in [6.45, 7) is 2.91. The van der Waals surface area contributed by atoms with Gasteiger partial charge in [-0.2, -0.15) is 0 Å². The first kappa shape index (κ1) is 24.0. The van der Waals surface area contributed by atoms with Crippen molar-refractivity contribution < 1.29 is 24.2 Å². The third-order valence-corrected chi connectivity index (χ3v) is 7.45. The molecule has 3 aliphatic rings. The summed E-state index contributed by atoms with van der Waals surface area (Å²) < 4.78 is 5.11. The fourth-order valence-electron chi connectivity index (χ4n) is 5.63. The van der Waals surface area contributed by atoms with Crippen molar-refractivity contribution in [2.45, 2.75) is 57.5 Å². The zero-order chi connectivity index (χ0) is 25.2. The number of piperidine rings is 1. The summed E-state index contributed by atoms with van der Waals surface area (Å²) in [5.41, 5.74) is 3.60. The molecular weight excluding hydrogens is 458 g/mol. The summed E-state index contributed by atoms with van der Waals surface area (Å²) in [5.74, 6) is -1.50. The average Bonchev–Trinajstić information content (AvgIpc) is 3.18. The molecule has 0 saturated carbocycles. The molecule has 0 radical (unpaired) electrons. The van der Waals surface area contributed by atoms with E-state index in [0.717, 1.165) is 25.7 Å². The molecule has 1 aromatic carbocycles. The number of amides is 2. The van der Waals surface area contributed by atoms with E-state index in [1.54, 1.807) is 35.1 Å². The number of rotatable bonds is 4. The second-order valence-electron chi connectivity index (χ2n) is 9.57. The Balaban J connectivity index is 1.51. The highest BCUT2D eigenvalue weighted by atomic mass is 16.6. The van der Waals surface area contributed by atoms with Crippen LogP contribution < -0.4 is 0 Å². The number of nitrogens with zero attached hydrogens (tertiary/aromatic N) is 3. The van der Waals surface area contributed by atoms with Crippen molar-refractivity contribution in [2.24, 2.45) is 0 Å². The number of aliphatic hydroxyl groups excluding tert-OH is 1. The second kappa shape index (κ2) is 10.1. The molecule has 188 valence electrons. The second-order valence-corrected chi connectivity index (χ2v) is 9.57. The van der Waals surface area contributed by atoms with Gasteiger partial charge in [-0.05, 0) is 74.8 Å². The highest BCUT2D eigenvalue weighted by Crippen LogP contribution is 2.42. The number of fused-ring (bicyclic) bond motifs is 1. The minimum Gasteiger partial charge on any atom is -0.507 e. The number of Topliss-reactive ketones (excluding diaryl/α,β-unsaturated/α-hetero) is 1. The van der Waals surface area contributed by atoms with Gasteiger partial charge in [-0.25, -0.2) is 4.79 Å². The summed E-state index contributed by atoms with van der Waals surface area (Å²) in [4.78, 5) is 46.6. The Morgan fingerprint density at radius 2 is 1.83 bits per heavy atom. The predicted octanol–water partition coefficient (Wildman–Crippen LogP) is 4.00. The van der Waals surface area contributed by atoms with Gasteiger partial charge in [-0.15, -0.1) is 0 Å². The van der Waals surface area contributed by atoms with Gasteiger partial charge in [0.15, 0.2) is 0 Å². The molecule has 8 nitrogen and oxygen atoms in total. The number of ketones is 1. The van der Waals surface area contributed by atoms with Crippen LogP contribution in [0, 0.1) is 0 Å². The topological polar surface area (TPSA) is 100 Å². The van der Waals surface area contributed by atoms with Gasteiger partial charge in [0, 0.05) is 30.9 Å². The van der Waals surface area contributed by atoms with E-state index in [9.17, 15) is 19.5 Å². The van der Waals surface area contributed by atoms with E-state index in [1.807, 2.05) is 24.3 Å².